The molecule has 2 heterocycles. The molecule has 8 nitrogen and oxygen atoms in total. The van der Waals surface area contributed by atoms with E-state index in [1.807, 2.05) is 12.1 Å². The van der Waals surface area contributed by atoms with E-state index in [2.05, 4.69) is 4.98 Å². The van der Waals surface area contributed by atoms with E-state index in [0.29, 0.717) is 29.0 Å². The maximum absolute atomic E-state index is 13.4. The summed E-state index contributed by atoms with van der Waals surface area (Å²) in [6.07, 6.45) is 1.52. The van der Waals surface area contributed by atoms with Gasteiger partial charge in [-0.3, -0.25) is 9.78 Å². The number of para-hydroxylation sites is 1. The van der Waals surface area contributed by atoms with Gasteiger partial charge in [-0.1, -0.05) is 18.2 Å². The third kappa shape index (κ3) is 3.87. The molecule has 0 radical (unpaired) electrons. The van der Waals surface area contributed by atoms with Gasteiger partial charge >= 0.3 is 11.5 Å². The number of hydrogen-bond donors (Lipinski definition) is 0. The second kappa shape index (κ2) is 8.22. The van der Waals surface area contributed by atoms with E-state index < -0.39 is 37.7 Å². The van der Waals surface area contributed by atoms with Crippen LogP contribution in [0.2, 0.25) is 0 Å². The number of rotatable bonds is 5. The van der Waals surface area contributed by atoms with Gasteiger partial charge in [0.05, 0.1) is 36.0 Å². The number of carbonyl (C=O) groups excluding carboxylic acids is 2. The number of urea groups is 1. The van der Waals surface area contributed by atoms with Gasteiger partial charge in [-0.05, 0) is 44.2 Å². The third-order valence-corrected chi connectivity index (χ3v) is 7.42. The van der Waals surface area contributed by atoms with Crippen molar-refractivity contribution in [1.82, 2.24) is 9.88 Å². The van der Waals surface area contributed by atoms with Gasteiger partial charge in [0.1, 0.15) is 11.3 Å². The molecule has 1 aliphatic heterocycles. The standard InChI is InChI=1S/C23H20F3N3O5S/c1-22(2)20(30)29(14-8-10-15(11-9-14)35(32,33)23(24,25)26)21(31)28(22)13-17-16-6-4-5-7-18(16)27-12-19(17)34-3/h4-12H,13H2,1-3H3. The maximum Gasteiger partial charge on any atom is 0.501 e. The Morgan fingerprint density at radius 1 is 1.03 bits per heavy atom. The molecule has 3 aromatic rings. The predicted octanol–water partition coefficient (Wildman–Crippen LogP) is 4.28. The molecule has 0 aliphatic carbocycles. The topological polar surface area (TPSA) is 96.9 Å². The first-order valence-corrected chi connectivity index (χ1v) is 11.8. The highest BCUT2D eigenvalue weighted by atomic mass is 32.2. The highest BCUT2D eigenvalue weighted by Crippen LogP contribution is 2.37. The lowest BCUT2D eigenvalue weighted by molar-refractivity contribution is -0.123. The van der Waals surface area contributed by atoms with E-state index in [9.17, 15) is 31.2 Å². The van der Waals surface area contributed by atoms with E-state index in [1.54, 1.807) is 26.0 Å². The van der Waals surface area contributed by atoms with Crippen molar-refractivity contribution < 1.29 is 35.9 Å². The van der Waals surface area contributed by atoms with Gasteiger partial charge in [-0.15, -0.1) is 0 Å². The number of pyridine rings is 1. The van der Waals surface area contributed by atoms with Gasteiger partial charge in [-0.2, -0.15) is 13.2 Å². The first-order valence-electron chi connectivity index (χ1n) is 10.3. The number of aromatic nitrogens is 1. The smallest absolute Gasteiger partial charge is 0.495 e. The molecular formula is C23H20F3N3O5S. The van der Waals surface area contributed by atoms with Crippen molar-refractivity contribution in [3.8, 4) is 5.75 Å². The molecule has 184 valence electrons. The minimum Gasteiger partial charge on any atom is -0.495 e. The molecule has 1 saturated heterocycles. The number of fused-ring (bicyclic) bond motifs is 1. The van der Waals surface area contributed by atoms with Crippen LogP contribution in [0.3, 0.4) is 0 Å². The number of sulfone groups is 1. The van der Waals surface area contributed by atoms with Gasteiger partial charge in [-0.25, -0.2) is 18.1 Å². The van der Waals surface area contributed by atoms with E-state index in [4.69, 9.17) is 4.74 Å². The van der Waals surface area contributed by atoms with Crippen molar-refractivity contribution in [2.24, 2.45) is 0 Å². The van der Waals surface area contributed by atoms with Gasteiger partial charge in [0, 0.05) is 10.9 Å². The van der Waals surface area contributed by atoms with E-state index in [0.717, 1.165) is 22.4 Å². The fraction of sp³-hybridized carbons (Fsp3) is 0.261. The fourth-order valence-corrected chi connectivity index (χ4v) is 4.68. The van der Waals surface area contributed by atoms with Crippen LogP contribution in [0, 0.1) is 0 Å². The molecule has 1 aliphatic rings. The molecule has 2 aromatic carbocycles. The Kier molecular flexibility index (Phi) is 5.75. The molecule has 0 atom stereocenters. The third-order valence-electron chi connectivity index (χ3n) is 5.92. The monoisotopic (exact) mass is 507 g/mol. The summed E-state index contributed by atoms with van der Waals surface area (Å²) < 4.78 is 67.3. The number of ether oxygens (including phenoxy) is 1. The molecule has 12 heteroatoms. The molecule has 0 N–H and O–H groups in total. The van der Waals surface area contributed by atoms with E-state index in [-0.39, 0.29) is 12.2 Å². The Morgan fingerprint density at radius 2 is 1.66 bits per heavy atom. The van der Waals surface area contributed by atoms with Crippen molar-refractivity contribution in [3.63, 3.8) is 0 Å². The van der Waals surface area contributed by atoms with Gasteiger partial charge < -0.3 is 9.64 Å². The van der Waals surface area contributed by atoms with Crippen LogP contribution in [0.25, 0.3) is 10.9 Å². The molecule has 1 fully saturated rings. The lowest BCUT2D eigenvalue weighted by atomic mass is 10.0. The van der Waals surface area contributed by atoms with Crippen LogP contribution in [0.5, 0.6) is 5.75 Å². The second-order valence-corrected chi connectivity index (χ2v) is 10.3. The summed E-state index contributed by atoms with van der Waals surface area (Å²) in [5, 5.41) is 0.725. The summed E-state index contributed by atoms with van der Waals surface area (Å²) in [6.45, 7) is 3.08. The van der Waals surface area contributed by atoms with Gasteiger partial charge in [0.15, 0.2) is 0 Å². The highest BCUT2D eigenvalue weighted by molar-refractivity contribution is 7.92. The predicted molar refractivity (Wildman–Crippen MR) is 120 cm³/mol. The molecule has 0 unspecified atom stereocenters. The van der Waals surface area contributed by atoms with Crippen molar-refractivity contribution in [2.45, 2.75) is 36.3 Å². The summed E-state index contributed by atoms with van der Waals surface area (Å²) in [4.78, 5) is 32.1. The van der Waals surface area contributed by atoms with Crippen LogP contribution in [-0.4, -0.2) is 48.4 Å². The average molecular weight is 507 g/mol. The van der Waals surface area contributed by atoms with Crippen LogP contribution in [0.15, 0.2) is 59.6 Å². The molecule has 1 aromatic heterocycles. The Hall–Kier alpha value is -3.67. The molecule has 0 spiro atoms. The minimum absolute atomic E-state index is 0.0131. The summed E-state index contributed by atoms with van der Waals surface area (Å²) in [5.41, 5.74) is -5.55. The summed E-state index contributed by atoms with van der Waals surface area (Å²) in [6, 6.07) is 9.93. The summed E-state index contributed by atoms with van der Waals surface area (Å²) in [7, 11) is -4.11. The fourth-order valence-electron chi connectivity index (χ4n) is 3.91. The SMILES string of the molecule is COc1cnc2ccccc2c1CN1C(=O)N(c2ccc(S(=O)(=O)C(F)(F)F)cc2)C(=O)C1(C)C. The number of benzene rings is 2. The molecule has 4 rings (SSSR count). The molecule has 0 saturated carbocycles. The second-order valence-electron chi connectivity index (χ2n) is 8.33. The number of carbonyl (C=O) groups is 2. The first-order chi connectivity index (χ1) is 16.3. The van der Waals surface area contributed by atoms with Crippen molar-refractivity contribution >= 4 is 38.4 Å². The quantitative estimate of drug-likeness (QED) is 0.478. The van der Waals surface area contributed by atoms with Gasteiger partial charge in [0.25, 0.3) is 15.7 Å². The molecule has 0 bridgehead atoms. The van der Waals surface area contributed by atoms with E-state index >= 15 is 0 Å². The number of nitrogens with zero attached hydrogens (tertiary/aromatic N) is 3. The first kappa shape index (κ1) is 24.5. The van der Waals surface area contributed by atoms with Crippen LogP contribution in [0.4, 0.5) is 23.7 Å². The Bertz CT molecular complexity index is 1440. The van der Waals surface area contributed by atoms with Gasteiger partial charge in [0.2, 0.25) is 0 Å². The van der Waals surface area contributed by atoms with Crippen LogP contribution >= 0.6 is 0 Å². The van der Waals surface area contributed by atoms with Crippen LogP contribution < -0.4 is 9.64 Å². The zero-order chi connectivity index (χ0) is 25.8. The van der Waals surface area contributed by atoms with Crippen molar-refractivity contribution in [2.75, 3.05) is 12.0 Å². The summed E-state index contributed by atoms with van der Waals surface area (Å²) >= 11 is 0. The number of amides is 3. The number of halogens is 3. The maximum atomic E-state index is 13.4. The normalized spacial score (nSPS) is 16.3. The Labute approximate surface area is 198 Å². The summed E-state index contributed by atoms with van der Waals surface area (Å²) in [5.74, 6) is -0.203. The van der Waals surface area contributed by atoms with Crippen molar-refractivity contribution in [1.29, 1.82) is 0 Å². The zero-order valence-corrected chi connectivity index (χ0v) is 19.6. The van der Waals surface area contributed by atoms with Crippen LogP contribution in [0.1, 0.15) is 19.4 Å². The lowest BCUT2D eigenvalue weighted by Gasteiger charge is -2.28. The Morgan fingerprint density at radius 3 is 2.26 bits per heavy atom. The number of imide groups is 1. The number of alkyl halides is 3. The van der Waals surface area contributed by atoms with Crippen molar-refractivity contribution in [3.05, 3.63) is 60.3 Å². The molecule has 3 amide bonds. The highest BCUT2D eigenvalue weighted by Gasteiger charge is 2.52. The lowest BCUT2D eigenvalue weighted by Crippen LogP contribution is -2.43. The largest absolute Gasteiger partial charge is 0.501 e. The number of anilines is 1. The minimum atomic E-state index is -5.57. The van der Waals surface area contributed by atoms with E-state index in [1.165, 1.54) is 18.2 Å². The Balaban J connectivity index is 1.72. The van der Waals surface area contributed by atoms with Crippen LogP contribution in [-0.2, 0) is 21.2 Å². The zero-order valence-electron chi connectivity index (χ0n) is 18.8. The molecule has 35 heavy (non-hydrogen) atoms. The number of hydrogen-bond acceptors (Lipinski definition) is 6. The number of methoxy groups -OCH3 is 1. The average Bonchev–Trinajstić information content (AvgIpc) is 2.97. The molecular weight excluding hydrogens is 487 g/mol.